The molecule has 0 radical (unpaired) electrons. The van der Waals surface area contributed by atoms with E-state index < -0.39 is 0 Å². The van der Waals surface area contributed by atoms with Crippen LogP contribution in [0, 0.1) is 0 Å². The molecule has 156 valence electrons. The molecule has 0 amide bonds. The van der Waals surface area contributed by atoms with Crippen molar-refractivity contribution in [1.29, 1.82) is 0 Å². The van der Waals surface area contributed by atoms with E-state index in [1.165, 1.54) is 16.3 Å². The predicted molar refractivity (Wildman–Crippen MR) is 133 cm³/mol. The third kappa shape index (κ3) is 3.19. The fraction of sp³-hybridized carbons (Fsp3) is 0.0833. The Labute approximate surface area is 186 Å². The number of benzene rings is 3. The van der Waals surface area contributed by atoms with Gasteiger partial charge in [-0.1, -0.05) is 30.3 Å². The second-order valence-corrected chi connectivity index (χ2v) is 9.78. The molecule has 2 unspecified atom stereocenters. The van der Waals surface area contributed by atoms with Gasteiger partial charge in [-0.15, -0.1) is 0 Å². The zero-order valence-electron chi connectivity index (χ0n) is 16.9. The Balaban J connectivity index is 1.42. The van der Waals surface area contributed by atoms with E-state index in [-0.39, 0.29) is 17.2 Å². The van der Waals surface area contributed by atoms with Crippen LogP contribution in [0.2, 0.25) is 0 Å². The fourth-order valence-electron chi connectivity index (χ4n) is 4.57. The van der Waals surface area contributed by atoms with Crippen molar-refractivity contribution >= 4 is 62.2 Å². The monoisotopic (exact) mass is 456 g/mol. The van der Waals surface area contributed by atoms with Gasteiger partial charge in [0.05, 0.1) is 16.7 Å². The highest BCUT2D eigenvalue weighted by molar-refractivity contribution is 7.62. The van der Waals surface area contributed by atoms with Crippen molar-refractivity contribution < 1.29 is 9.59 Å². The van der Waals surface area contributed by atoms with Crippen LogP contribution >= 0.6 is 17.2 Å². The quantitative estimate of drug-likeness (QED) is 0.310. The summed E-state index contributed by atoms with van der Waals surface area (Å²) in [5.74, 6) is 0. The van der Waals surface area contributed by atoms with Crippen LogP contribution in [0.5, 0.6) is 0 Å². The molecule has 2 heterocycles. The fourth-order valence-corrected chi connectivity index (χ4v) is 5.58. The zero-order chi connectivity index (χ0) is 21.7. The van der Waals surface area contributed by atoms with Crippen LogP contribution in [0.25, 0.3) is 44.2 Å². The summed E-state index contributed by atoms with van der Waals surface area (Å²) < 4.78 is 0. The second-order valence-electron chi connectivity index (χ2n) is 7.78. The summed E-state index contributed by atoms with van der Waals surface area (Å²) in [7, 11) is 0.102. The number of hydrogen-bond donors (Lipinski definition) is 2. The van der Waals surface area contributed by atoms with Crippen molar-refractivity contribution in [1.82, 2.24) is 19.9 Å². The minimum Gasteiger partial charge on any atom is -0.341 e. The van der Waals surface area contributed by atoms with E-state index >= 15 is 0 Å². The Hall–Kier alpha value is -3.20. The Morgan fingerprint density at radius 2 is 1.59 bits per heavy atom. The van der Waals surface area contributed by atoms with Crippen LogP contribution < -0.4 is 11.1 Å². The Kier molecular flexibility index (Phi) is 4.71. The molecule has 32 heavy (non-hydrogen) atoms. The van der Waals surface area contributed by atoms with Gasteiger partial charge in [0.15, 0.2) is 0 Å². The summed E-state index contributed by atoms with van der Waals surface area (Å²) in [5, 5.41) is 2.44. The molecule has 1 aliphatic rings. The van der Waals surface area contributed by atoms with E-state index in [0.29, 0.717) is 5.57 Å². The molecule has 3 aromatic carbocycles. The number of aryl methyl sites for hydroxylation is 2. The number of hydrogen-bond acceptors (Lipinski definition) is 4. The Bertz CT molecular complexity index is 1540. The van der Waals surface area contributed by atoms with Crippen molar-refractivity contribution in [3.63, 3.8) is 0 Å². The third-order valence-electron chi connectivity index (χ3n) is 6.00. The largest absolute Gasteiger partial charge is 0.341 e. The maximum Gasteiger partial charge on any atom is 0.146 e. The van der Waals surface area contributed by atoms with E-state index in [4.69, 9.17) is 4.98 Å². The molecule has 0 saturated carbocycles. The predicted octanol–water partition coefficient (Wildman–Crippen LogP) is 3.86. The number of nitrogens with zero attached hydrogens (tertiary/aromatic N) is 2. The average Bonchev–Trinajstić information content (AvgIpc) is 3.41. The summed E-state index contributed by atoms with van der Waals surface area (Å²) in [6.45, 7) is 0. The lowest BCUT2D eigenvalue weighted by atomic mass is 9.87. The normalized spacial score (nSPS) is 13.4. The third-order valence-corrected chi connectivity index (χ3v) is 7.25. The highest BCUT2D eigenvalue weighted by atomic mass is 31.1. The number of carbonyl (C=O) groups excluding carboxylic acids is 2. The van der Waals surface area contributed by atoms with Crippen molar-refractivity contribution in [2.24, 2.45) is 0 Å². The van der Waals surface area contributed by atoms with Gasteiger partial charge in [0.1, 0.15) is 23.2 Å². The van der Waals surface area contributed by atoms with Crippen molar-refractivity contribution in [3.8, 4) is 22.4 Å². The lowest BCUT2D eigenvalue weighted by molar-refractivity contribution is 0.569. The smallest absolute Gasteiger partial charge is 0.146 e. The van der Waals surface area contributed by atoms with Crippen LogP contribution in [-0.2, 0) is 22.4 Å². The lowest BCUT2D eigenvalue weighted by Crippen LogP contribution is -2.04. The Morgan fingerprint density at radius 3 is 2.44 bits per heavy atom. The summed E-state index contributed by atoms with van der Waals surface area (Å²) in [6.07, 6.45) is 1.85. The SMILES string of the molecule is O=CPc1nc2c([nH]1)CCc1c-2ccc2cc(-c3ccc4nc(PC=O)[nH]c4c3)ccc12. The number of imidazole rings is 2. The average molecular weight is 456 g/mol. The first kappa shape index (κ1) is 19.5. The highest BCUT2D eigenvalue weighted by Crippen LogP contribution is 2.37. The molecule has 2 atom stereocenters. The molecule has 6 rings (SSSR count). The van der Waals surface area contributed by atoms with Crippen molar-refractivity contribution in [3.05, 3.63) is 59.8 Å². The van der Waals surface area contributed by atoms with E-state index in [1.54, 1.807) is 0 Å². The molecule has 0 spiro atoms. The number of aromatic amines is 2. The minimum atomic E-state index is 0.0402. The van der Waals surface area contributed by atoms with Gasteiger partial charge in [-0.05, 0) is 58.5 Å². The number of fused-ring (bicyclic) bond motifs is 6. The van der Waals surface area contributed by atoms with Gasteiger partial charge in [-0.3, -0.25) is 9.59 Å². The number of nitrogens with one attached hydrogen (secondary N) is 2. The Morgan fingerprint density at radius 1 is 0.812 bits per heavy atom. The van der Waals surface area contributed by atoms with Gasteiger partial charge < -0.3 is 9.97 Å². The van der Waals surface area contributed by atoms with Crippen LogP contribution in [0.1, 0.15) is 11.3 Å². The molecule has 0 aliphatic heterocycles. The van der Waals surface area contributed by atoms with Crippen LogP contribution in [0.3, 0.4) is 0 Å². The van der Waals surface area contributed by atoms with Gasteiger partial charge in [0.25, 0.3) is 0 Å². The zero-order valence-corrected chi connectivity index (χ0v) is 18.9. The molecule has 2 N–H and O–H groups in total. The van der Waals surface area contributed by atoms with Gasteiger partial charge in [-0.25, -0.2) is 9.97 Å². The van der Waals surface area contributed by atoms with Crippen LogP contribution in [-0.4, -0.2) is 32.0 Å². The van der Waals surface area contributed by atoms with Gasteiger partial charge >= 0.3 is 0 Å². The molecular formula is C24H18N4O2P2. The van der Waals surface area contributed by atoms with Crippen LogP contribution in [0.15, 0.2) is 48.5 Å². The van der Waals surface area contributed by atoms with Crippen molar-refractivity contribution in [2.75, 3.05) is 0 Å². The molecule has 0 bridgehead atoms. The van der Waals surface area contributed by atoms with Crippen molar-refractivity contribution in [2.45, 2.75) is 12.8 Å². The topological polar surface area (TPSA) is 91.5 Å². The van der Waals surface area contributed by atoms with E-state index in [0.717, 1.165) is 69.6 Å². The number of aromatic nitrogens is 4. The van der Waals surface area contributed by atoms with E-state index in [9.17, 15) is 9.59 Å². The standard InChI is InChI=1S/C24H18N4O2P2/c29-11-31-23-25-19-7-3-14(10-21(19)27-23)13-1-4-16-15(9-13)2-5-18-17(16)6-8-20-22(18)28-24(26-20)32-12-30/h1-5,7,9-12,31-32H,6,8H2,(H,25,27)(H,26,28). The molecule has 1 aliphatic carbocycles. The first-order valence-corrected chi connectivity index (χ1v) is 12.4. The molecule has 2 aromatic heterocycles. The minimum absolute atomic E-state index is 0.0402. The number of H-pyrrole nitrogens is 2. The second kappa shape index (κ2) is 7.74. The number of rotatable bonds is 5. The first-order chi connectivity index (χ1) is 15.7. The maximum absolute atomic E-state index is 10.9. The van der Waals surface area contributed by atoms with E-state index in [1.807, 2.05) is 6.07 Å². The summed E-state index contributed by atoms with van der Waals surface area (Å²) in [4.78, 5) is 37.4. The lowest BCUT2D eigenvalue weighted by Gasteiger charge is -2.18. The first-order valence-electron chi connectivity index (χ1n) is 10.3. The molecule has 8 heteroatoms. The van der Waals surface area contributed by atoms with Gasteiger partial charge in [0, 0.05) is 28.4 Å². The van der Waals surface area contributed by atoms with Gasteiger partial charge in [0.2, 0.25) is 0 Å². The van der Waals surface area contributed by atoms with E-state index in [2.05, 4.69) is 57.4 Å². The summed E-state index contributed by atoms with van der Waals surface area (Å²) >= 11 is 0. The molecule has 0 saturated heterocycles. The highest BCUT2D eigenvalue weighted by Gasteiger charge is 2.22. The summed E-state index contributed by atoms with van der Waals surface area (Å²) in [6, 6.07) is 18.8. The molecule has 6 nitrogen and oxygen atoms in total. The molecule has 0 fully saturated rings. The van der Waals surface area contributed by atoms with Gasteiger partial charge in [-0.2, -0.15) is 0 Å². The van der Waals surface area contributed by atoms with Crippen LogP contribution in [0.4, 0.5) is 0 Å². The molecular weight excluding hydrogens is 438 g/mol. The molecule has 5 aromatic rings. The maximum atomic E-state index is 10.9. The number of carbonyl (C=O) groups is 2. The summed E-state index contributed by atoms with van der Waals surface area (Å²) in [5.41, 5.74) is 10.1.